The van der Waals surface area contributed by atoms with Gasteiger partial charge in [0.05, 0.1) is 12.7 Å². The Balaban J connectivity index is 1.39. The second-order valence-corrected chi connectivity index (χ2v) is 5.96. The fourth-order valence-electron chi connectivity index (χ4n) is 2.69. The Morgan fingerprint density at radius 1 is 1.18 bits per heavy atom. The minimum Gasteiger partial charge on any atom is -0.353 e. The van der Waals surface area contributed by atoms with Gasteiger partial charge in [0.15, 0.2) is 6.29 Å². The predicted molar refractivity (Wildman–Crippen MR) is 86.8 cm³/mol. The van der Waals surface area contributed by atoms with Crippen LogP contribution in [0.25, 0.3) is 0 Å². The maximum Gasteiger partial charge on any atom is 0.158 e. The molecule has 3 rings (SSSR count). The van der Waals surface area contributed by atoms with E-state index in [2.05, 4.69) is 11.1 Å². The summed E-state index contributed by atoms with van der Waals surface area (Å²) in [5, 5.41) is 0.755. The lowest BCUT2D eigenvalue weighted by Crippen LogP contribution is -2.12. The Morgan fingerprint density at radius 2 is 2.05 bits per heavy atom. The smallest absolute Gasteiger partial charge is 0.158 e. The van der Waals surface area contributed by atoms with Gasteiger partial charge in [-0.15, -0.1) is 0 Å². The largest absolute Gasteiger partial charge is 0.353 e. The average molecular weight is 318 g/mol. The molecule has 1 saturated heterocycles. The van der Waals surface area contributed by atoms with Crippen LogP contribution >= 0.6 is 11.6 Å². The number of ether oxygens (including phenoxy) is 2. The maximum atomic E-state index is 5.96. The zero-order chi connectivity index (χ0) is 15.2. The maximum absolute atomic E-state index is 5.96. The van der Waals surface area contributed by atoms with Crippen molar-refractivity contribution < 1.29 is 9.47 Å². The Hall–Kier alpha value is -1.42. The number of rotatable bonds is 6. The van der Waals surface area contributed by atoms with E-state index in [1.807, 2.05) is 36.5 Å². The first-order valence-electron chi connectivity index (χ1n) is 7.73. The minimum atomic E-state index is -0.0884. The first-order chi connectivity index (χ1) is 10.8. The summed E-state index contributed by atoms with van der Waals surface area (Å²) in [4.78, 5) is 4.12. The van der Waals surface area contributed by atoms with E-state index in [-0.39, 0.29) is 12.4 Å². The Kier molecular flexibility index (Phi) is 5.43. The van der Waals surface area contributed by atoms with E-state index in [4.69, 9.17) is 21.1 Å². The van der Waals surface area contributed by atoms with Crippen LogP contribution in [0.2, 0.25) is 5.02 Å². The molecule has 2 atom stereocenters. The van der Waals surface area contributed by atoms with Crippen LogP contribution in [0.3, 0.4) is 0 Å². The average Bonchev–Trinajstić information content (AvgIpc) is 3.02. The Labute approximate surface area is 136 Å². The first kappa shape index (κ1) is 15.5. The molecule has 0 radical (unpaired) electrons. The van der Waals surface area contributed by atoms with Crippen LogP contribution in [0.1, 0.15) is 36.5 Å². The third-order valence-electron chi connectivity index (χ3n) is 3.86. The van der Waals surface area contributed by atoms with E-state index in [1.165, 1.54) is 11.1 Å². The molecule has 116 valence electrons. The standard InChI is InChI=1S/C18H20ClNO2/c19-16-7-5-15(6-8-16)17-9-10-18(22-17)21-12-2-4-14-3-1-11-20-13-14/h1,3,5-8,11,13,17-18H,2,4,9-10,12H2/t17-,18+/m1/s1. The number of hydrogen-bond acceptors (Lipinski definition) is 3. The topological polar surface area (TPSA) is 31.4 Å². The quantitative estimate of drug-likeness (QED) is 0.732. The van der Waals surface area contributed by atoms with Gasteiger partial charge in [-0.1, -0.05) is 29.8 Å². The van der Waals surface area contributed by atoms with Crippen molar-refractivity contribution in [2.75, 3.05) is 6.61 Å². The van der Waals surface area contributed by atoms with Crippen molar-refractivity contribution >= 4 is 11.6 Å². The third-order valence-corrected chi connectivity index (χ3v) is 4.11. The summed E-state index contributed by atoms with van der Waals surface area (Å²) in [5.74, 6) is 0. The van der Waals surface area contributed by atoms with E-state index in [9.17, 15) is 0 Å². The molecule has 4 heteroatoms. The highest BCUT2D eigenvalue weighted by Gasteiger charge is 2.26. The fraction of sp³-hybridized carbons (Fsp3) is 0.389. The van der Waals surface area contributed by atoms with Crippen molar-refractivity contribution in [1.29, 1.82) is 0 Å². The number of halogens is 1. The number of hydrogen-bond donors (Lipinski definition) is 0. The van der Waals surface area contributed by atoms with Gasteiger partial charge in [0, 0.05) is 23.8 Å². The van der Waals surface area contributed by atoms with Gasteiger partial charge < -0.3 is 9.47 Å². The number of pyridine rings is 1. The van der Waals surface area contributed by atoms with E-state index < -0.39 is 0 Å². The summed E-state index contributed by atoms with van der Waals surface area (Å²) in [7, 11) is 0. The second-order valence-electron chi connectivity index (χ2n) is 5.52. The zero-order valence-electron chi connectivity index (χ0n) is 12.5. The van der Waals surface area contributed by atoms with Crippen LogP contribution in [0.5, 0.6) is 0 Å². The van der Waals surface area contributed by atoms with Gasteiger partial charge in [-0.25, -0.2) is 0 Å². The van der Waals surface area contributed by atoms with Crippen LogP contribution in [0, 0.1) is 0 Å². The first-order valence-corrected chi connectivity index (χ1v) is 8.10. The van der Waals surface area contributed by atoms with Gasteiger partial charge in [-0.05, 0) is 48.6 Å². The minimum absolute atomic E-state index is 0.0884. The van der Waals surface area contributed by atoms with Crippen molar-refractivity contribution in [3.05, 3.63) is 64.9 Å². The van der Waals surface area contributed by atoms with Gasteiger partial charge in [0.1, 0.15) is 0 Å². The lowest BCUT2D eigenvalue weighted by Gasteiger charge is -2.14. The molecule has 0 saturated carbocycles. The molecule has 1 fully saturated rings. The van der Waals surface area contributed by atoms with Crippen LogP contribution in [-0.4, -0.2) is 17.9 Å². The van der Waals surface area contributed by atoms with Gasteiger partial charge in [-0.2, -0.15) is 0 Å². The summed E-state index contributed by atoms with van der Waals surface area (Å²) in [6, 6.07) is 11.9. The van der Waals surface area contributed by atoms with Crippen LogP contribution in [-0.2, 0) is 15.9 Å². The van der Waals surface area contributed by atoms with Crippen LogP contribution in [0.4, 0.5) is 0 Å². The van der Waals surface area contributed by atoms with Crippen LogP contribution in [0.15, 0.2) is 48.8 Å². The molecule has 1 aliphatic rings. The summed E-state index contributed by atoms with van der Waals surface area (Å²) in [6.07, 6.45) is 7.65. The summed E-state index contributed by atoms with van der Waals surface area (Å²) < 4.78 is 11.8. The molecule has 0 bridgehead atoms. The number of aromatic nitrogens is 1. The van der Waals surface area contributed by atoms with Crippen molar-refractivity contribution in [3.63, 3.8) is 0 Å². The molecular weight excluding hydrogens is 298 g/mol. The summed E-state index contributed by atoms with van der Waals surface area (Å²) in [5.41, 5.74) is 2.42. The zero-order valence-corrected chi connectivity index (χ0v) is 13.2. The van der Waals surface area contributed by atoms with E-state index in [0.29, 0.717) is 6.61 Å². The Morgan fingerprint density at radius 3 is 2.82 bits per heavy atom. The highest BCUT2D eigenvalue weighted by molar-refractivity contribution is 6.30. The molecular formula is C18H20ClNO2. The monoisotopic (exact) mass is 317 g/mol. The van der Waals surface area contributed by atoms with E-state index in [1.54, 1.807) is 6.20 Å². The lowest BCUT2D eigenvalue weighted by atomic mass is 10.1. The molecule has 0 spiro atoms. The van der Waals surface area contributed by atoms with Gasteiger partial charge in [0.2, 0.25) is 0 Å². The molecule has 1 aromatic heterocycles. The summed E-state index contributed by atoms with van der Waals surface area (Å²) in [6.45, 7) is 0.715. The summed E-state index contributed by atoms with van der Waals surface area (Å²) >= 11 is 5.91. The number of aryl methyl sites for hydroxylation is 1. The molecule has 1 aliphatic heterocycles. The highest BCUT2D eigenvalue weighted by Crippen LogP contribution is 2.33. The predicted octanol–water partition coefficient (Wildman–Crippen LogP) is 4.56. The van der Waals surface area contributed by atoms with Crippen molar-refractivity contribution in [2.24, 2.45) is 0 Å². The molecule has 0 aliphatic carbocycles. The van der Waals surface area contributed by atoms with Crippen molar-refractivity contribution in [1.82, 2.24) is 4.98 Å². The van der Waals surface area contributed by atoms with Gasteiger partial charge in [-0.3, -0.25) is 4.98 Å². The molecule has 2 aromatic rings. The second kappa shape index (κ2) is 7.73. The van der Waals surface area contributed by atoms with Crippen molar-refractivity contribution in [2.45, 2.75) is 38.1 Å². The fourth-order valence-corrected chi connectivity index (χ4v) is 2.82. The Bertz CT molecular complexity index is 573. The van der Waals surface area contributed by atoms with Crippen LogP contribution < -0.4 is 0 Å². The SMILES string of the molecule is Clc1ccc([C@H]2CC[C@@H](OCCCc3cccnc3)O2)cc1. The van der Waals surface area contributed by atoms with E-state index >= 15 is 0 Å². The lowest BCUT2D eigenvalue weighted by molar-refractivity contribution is -0.135. The molecule has 3 nitrogen and oxygen atoms in total. The van der Waals surface area contributed by atoms with E-state index in [0.717, 1.165) is 30.7 Å². The molecule has 1 aromatic carbocycles. The third kappa shape index (κ3) is 4.29. The molecule has 0 N–H and O–H groups in total. The molecule has 0 amide bonds. The highest BCUT2D eigenvalue weighted by atomic mass is 35.5. The van der Waals surface area contributed by atoms with Gasteiger partial charge >= 0.3 is 0 Å². The molecule has 2 heterocycles. The van der Waals surface area contributed by atoms with Gasteiger partial charge in [0.25, 0.3) is 0 Å². The molecule has 22 heavy (non-hydrogen) atoms. The number of benzene rings is 1. The van der Waals surface area contributed by atoms with Crippen molar-refractivity contribution in [3.8, 4) is 0 Å². The molecule has 0 unspecified atom stereocenters. The number of nitrogens with zero attached hydrogens (tertiary/aromatic N) is 1. The normalized spacial score (nSPS) is 21.1.